The summed E-state index contributed by atoms with van der Waals surface area (Å²) in [5.74, 6) is -0.738. The van der Waals surface area contributed by atoms with E-state index < -0.39 is 11.8 Å². The fourth-order valence-electron chi connectivity index (χ4n) is 3.29. The fourth-order valence-corrected chi connectivity index (χ4v) is 3.29. The molecule has 29 heavy (non-hydrogen) atoms. The number of carbonyl (C=O) groups is 2. The number of hydrogen-bond donors (Lipinski definition) is 0. The number of hydrogen-bond acceptors (Lipinski definition) is 5. The van der Waals surface area contributed by atoms with Crippen LogP contribution < -0.4 is 4.74 Å². The number of likely N-dealkylation sites (tertiary alicyclic amines) is 1. The number of amides is 2. The summed E-state index contributed by atoms with van der Waals surface area (Å²) < 4.78 is 5.17. The molecule has 2 amide bonds. The number of nitrogens with zero attached hydrogens (tertiary/aromatic N) is 3. The third-order valence-electron chi connectivity index (χ3n) is 4.75. The van der Waals surface area contributed by atoms with E-state index in [2.05, 4.69) is 9.98 Å². The van der Waals surface area contributed by atoms with E-state index in [0.717, 1.165) is 5.56 Å². The second kappa shape index (κ2) is 8.06. The van der Waals surface area contributed by atoms with Crippen molar-refractivity contribution in [3.8, 4) is 5.75 Å². The van der Waals surface area contributed by atoms with Crippen molar-refractivity contribution in [1.82, 2.24) is 9.88 Å². The summed E-state index contributed by atoms with van der Waals surface area (Å²) in [6.07, 6.45) is 1.64. The Hall–Kier alpha value is -3.80. The summed E-state index contributed by atoms with van der Waals surface area (Å²) >= 11 is 0. The molecule has 1 fully saturated rings. The lowest BCUT2D eigenvalue weighted by atomic mass is 9.96. The van der Waals surface area contributed by atoms with Crippen LogP contribution in [0.15, 0.2) is 84.0 Å². The topological polar surface area (TPSA) is 71.9 Å². The molecule has 0 bridgehead atoms. The molecule has 4 rings (SSSR count). The van der Waals surface area contributed by atoms with Gasteiger partial charge in [-0.25, -0.2) is 4.99 Å². The molecule has 1 saturated heterocycles. The molecular weight excluding hydrogens is 366 g/mol. The van der Waals surface area contributed by atoms with E-state index in [1.807, 2.05) is 36.4 Å². The molecule has 0 radical (unpaired) electrons. The zero-order valence-electron chi connectivity index (χ0n) is 15.9. The molecule has 1 aliphatic heterocycles. The van der Waals surface area contributed by atoms with Crippen molar-refractivity contribution in [2.24, 2.45) is 4.99 Å². The zero-order chi connectivity index (χ0) is 20.2. The van der Waals surface area contributed by atoms with Gasteiger partial charge in [0, 0.05) is 6.20 Å². The number of benzene rings is 2. The highest BCUT2D eigenvalue weighted by Crippen LogP contribution is 2.31. The SMILES string of the molecule is COc1ccc(N=C2C(=O)N(Cc3ccccn3)C(=O)C2c2ccccc2)cc1. The van der Waals surface area contributed by atoms with Crippen molar-refractivity contribution in [3.05, 3.63) is 90.3 Å². The minimum Gasteiger partial charge on any atom is -0.497 e. The molecule has 1 aromatic heterocycles. The number of aliphatic imine (C=N–C) groups is 1. The van der Waals surface area contributed by atoms with Gasteiger partial charge in [-0.1, -0.05) is 36.4 Å². The summed E-state index contributed by atoms with van der Waals surface area (Å²) in [5, 5.41) is 0. The van der Waals surface area contributed by atoms with Gasteiger partial charge in [0.2, 0.25) is 5.91 Å². The maximum Gasteiger partial charge on any atom is 0.276 e. The molecule has 0 aliphatic carbocycles. The lowest BCUT2D eigenvalue weighted by Gasteiger charge is -2.13. The van der Waals surface area contributed by atoms with E-state index in [4.69, 9.17) is 4.74 Å². The molecule has 0 N–H and O–H groups in total. The van der Waals surface area contributed by atoms with Crippen LogP contribution in [0.4, 0.5) is 5.69 Å². The van der Waals surface area contributed by atoms with Crippen molar-refractivity contribution < 1.29 is 14.3 Å². The van der Waals surface area contributed by atoms with Gasteiger partial charge in [-0.15, -0.1) is 0 Å². The summed E-state index contributed by atoms with van der Waals surface area (Å²) in [4.78, 5) is 36.4. The summed E-state index contributed by atoms with van der Waals surface area (Å²) in [7, 11) is 1.58. The van der Waals surface area contributed by atoms with Crippen LogP contribution in [0.5, 0.6) is 5.75 Å². The first-order valence-electron chi connectivity index (χ1n) is 9.20. The average Bonchev–Trinajstić information content (AvgIpc) is 3.00. The molecule has 0 saturated carbocycles. The maximum absolute atomic E-state index is 13.2. The second-order valence-corrected chi connectivity index (χ2v) is 6.59. The van der Waals surface area contributed by atoms with E-state index >= 15 is 0 Å². The molecule has 144 valence electrons. The Bertz CT molecular complexity index is 1050. The van der Waals surface area contributed by atoms with Gasteiger partial charge in [-0.05, 0) is 42.0 Å². The van der Waals surface area contributed by atoms with Crippen LogP contribution >= 0.6 is 0 Å². The Labute approximate surface area is 168 Å². The normalized spacial score (nSPS) is 17.8. The van der Waals surface area contributed by atoms with Gasteiger partial charge in [0.05, 0.1) is 25.0 Å². The molecule has 1 unspecified atom stereocenters. The molecule has 3 aromatic rings. The van der Waals surface area contributed by atoms with Crippen LogP contribution in [0.2, 0.25) is 0 Å². The molecule has 2 aromatic carbocycles. The average molecular weight is 385 g/mol. The van der Waals surface area contributed by atoms with Crippen molar-refractivity contribution in [2.75, 3.05) is 7.11 Å². The fraction of sp³-hybridized carbons (Fsp3) is 0.130. The van der Waals surface area contributed by atoms with Crippen molar-refractivity contribution in [1.29, 1.82) is 0 Å². The van der Waals surface area contributed by atoms with Gasteiger partial charge < -0.3 is 4.74 Å². The van der Waals surface area contributed by atoms with Crippen LogP contribution in [0.25, 0.3) is 0 Å². The molecule has 6 heteroatoms. The third kappa shape index (κ3) is 3.78. The number of methoxy groups -OCH3 is 1. The third-order valence-corrected chi connectivity index (χ3v) is 4.75. The van der Waals surface area contributed by atoms with Crippen molar-refractivity contribution in [3.63, 3.8) is 0 Å². The number of imide groups is 1. The summed E-state index contributed by atoms with van der Waals surface area (Å²) in [6.45, 7) is 0.115. The summed E-state index contributed by atoms with van der Waals surface area (Å²) in [6, 6.07) is 21.7. The van der Waals surface area contributed by atoms with Gasteiger partial charge in [-0.2, -0.15) is 0 Å². The highest BCUT2D eigenvalue weighted by atomic mass is 16.5. The highest BCUT2D eigenvalue weighted by Gasteiger charge is 2.45. The van der Waals surface area contributed by atoms with E-state index in [1.54, 1.807) is 49.7 Å². The standard InChI is InChI=1S/C23H19N3O3/c1-29-19-12-10-17(11-13-19)25-21-20(16-7-3-2-4-8-16)22(27)26(23(21)28)15-18-9-5-6-14-24-18/h2-14,20H,15H2,1H3. The maximum atomic E-state index is 13.2. The molecule has 2 heterocycles. The van der Waals surface area contributed by atoms with Crippen LogP contribution in [0.1, 0.15) is 17.2 Å². The van der Waals surface area contributed by atoms with E-state index in [0.29, 0.717) is 17.1 Å². The predicted octanol–water partition coefficient (Wildman–Crippen LogP) is 3.52. The first-order valence-corrected chi connectivity index (χ1v) is 9.20. The minimum absolute atomic E-state index is 0.115. The van der Waals surface area contributed by atoms with Crippen LogP contribution in [-0.4, -0.2) is 34.5 Å². The first-order chi connectivity index (χ1) is 14.2. The second-order valence-electron chi connectivity index (χ2n) is 6.59. The van der Waals surface area contributed by atoms with Gasteiger partial charge in [0.15, 0.2) is 0 Å². The summed E-state index contributed by atoms with van der Waals surface area (Å²) in [5.41, 5.74) is 2.18. The van der Waals surface area contributed by atoms with Crippen molar-refractivity contribution in [2.45, 2.75) is 12.5 Å². The quantitative estimate of drug-likeness (QED) is 0.630. The van der Waals surface area contributed by atoms with E-state index in [-0.39, 0.29) is 18.2 Å². The van der Waals surface area contributed by atoms with Crippen molar-refractivity contribution >= 4 is 23.2 Å². The van der Waals surface area contributed by atoms with Gasteiger partial charge in [-0.3, -0.25) is 19.5 Å². The van der Waals surface area contributed by atoms with Gasteiger partial charge in [0.25, 0.3) is 5.91 Å². The number of pyridine rings is 1. The Balaban J connectivity index is 1.74. The zero-order valence-corrected chi connectivity index (χ0v) is 15.9. The minimum atomic E-state index is -0.741. The molecule has 0 spiro atoms. The van der Waals surface area contributed by atoms with Gasteiger partial charge in [0.1, 0.15) is 17.4 Å². The lowest BCUT2D eigenvalue weighted by Crippen LogP contribution is -2.30. The highest BCUT2D eigenvalue weighted by molar-refractivity contribution is 6.52. The lowest BCUT2D eigenvalue weighted by molar-refractivity contribution is -0.138. The largest absolute Gasteiger partial charge is 0.497 e. The molecule has 6 nitrogen and oxygen atoms in total. The number of carbonyl (C=O) groups excluding carboxylic acids is 2. The molecule has 1 atom stereocenters. The van der Waals surface area contributed by atoms with Crippen LogP contribution in [0.3, 0.4) is 0 Å². The Morgan fingerprint density at radius 3 is 2.34 bits per heavy atom. The Morgan fingerprint density at radius 2 is 1.69 bits per heavy atom. The monoisotopic (exact) mass is 385 g/mol. The number of ether oxygens (including phenoxy) is 1. The van der Waals surface area contributed by atoms with E-state index in [1.165, 1.54) is 4.90 Å². The first kappa shape index (κ1) is 18.6. The van der Waals surface area contributed by atoms with E-state index in [9.17, 15) is 9.59 Å². The number of aromatic nitrogens is 1. The van der Waals surface area contributed by atoms with Gasteiger partial charge >= 0.3 is 0 Å². The number of rotatable bonds is 5. The molecule has 1 aliphatic rings. The van der Waals surface area contributed by atoms with Crippen LogP contribution in [-0.2, 0) is 16.1 Å². The van der Waals surface area contributed by atoms with Crippen LogP contribution in [0, 0.1) is 0 Å². The molecular formula is C23H19N3O3. The smallest absolute Gasteiger partial charge is 0.276 e. The Morgan fingerprint density at radius 1 is 0.966 bits per heavy atom. The predicted molar refractivity (Wildman–Crippen MR) is 109 cm³/mol. The Kier molecular flexibility index (Phi) is 5.16.